The van der Waals surface area contributed by atoms with E-state index in [2.05, 4.69) is 0 Å². The van der Waals surface area contributed by atoms with Crippen molar-refractivity contribution in [3.63, 3.8) is 0 Å². The zero-order chi connectivity index (χ0) is 23.3. The molecule has 0 fully saturated rings. The van der Waals surface area contributed by atoms with Crippen molar-refractivity contribution in [3.8, 4) is 0 Å². The van der Waals surface area contributed by atoms with E-state index in [0.717, 1.165) is 18.3 Å². The molecule has 33 heavy (non-hydrogen) atoms. The first-order valence-corrected chi connectivity index (χ1v) is 14.8. The Kier molecular flexibility index (Phi) is 6.93. The van der Waals surface area contributed by atoms with E-state index in [-0.39, 0.29) is 0 Å². The van der Waals surface area contributed by atoms with Gasteiger partial charge in [-0.15, -0.1) is 0 Å². The molecule has 0 atom stereocenters. The summed E-state index contributed by atoms with van der Waals surface area (Å²) in [4.78, 5) is 26.6. The van der Waals surface area contributed by atoms with Crippen LogP contribution in [-0.2, 0) is 6.20 Å². The van der Waals surface area contributed by atoms with Crippen LogP contribution >= 0.6 is 0 Å². The van der Waals surface area contributed by atoms with Crippen molar-refractivity contribution >= 4 is 38.2 Å². The number of hydrogen-bond donors (Lipinski definition) is 0. The number of hydrogen-bond acceptors (Lipinski definition) is 4. The van der Waals surface area contributed by atoms with E-state index in [0.29, 0.717) is 11.1 Å². The zero-order valence-corrected chi connectivity index (χ0v) is 20.8. The van der Waals surface area contributed by atoms with Gasteiger partial charge >= 0.3 is 199 Å². The maximum atomic E-state index is 13.3. The van der Waals surface area contributed by atoms with Gasteiger partial charge < -0.3 is 0 Å². The van der Waals surface area contributed by atoms with Gasteiger partial charge in [0.1, 0.15) is 0 Å². The third-order valence-corrected chi connectivity index (χ3v) is 12.4. The van der Waals surface area contributed by atoms with Crippen molar-refractivity contribution in [3.05, 3.63) is 131 Å². The Morgan fingerprint density at radius 2 is 0.848 bits per heavy atom. The third-order valence-electron chi connectivity index (χ3n) is 5.07. The van der Waals surface area contributed by atoms with E-state index in [9.17, 15) is 9.59 Å². The van der Waals surface area contributed by atoms with Crippen molar-refractivity contribution in [1.82, 2.24) is 0 Å². The molecule has 0 unspecified atom stereocenters. The summed E-state index contributed by atoms with van der Waals surface area (Å²) >= 11 is -4.52. The molecule has 4 rings (SSSR count). The molecule has 0 saturated carbocycles. The van der Waals surface area contributed by atoms with Gasteiger partial charge in [-0.25, -0.2) is 0 Å². The summed E-state index contributed by atoms with van der Waals surface area (Å²) in [5.74, 6) is -1.03. The second kappa shape index (κ2) is 10.0. The predicted octanol–water partition coefficient (Wildman–Crippen LogP) is 4.57. The van der Waals surface area contributed by atoms with Crippen LogP contribution in [0.25, 0.3) is 0 Å². The molecule has 0 aliphatic carbocycles. The molecule has 0 radical (unpaired) electrons. The fraction of sp³-hybridized carbons (Fsp3) is 0.0714. The number of carbonyl (C=O) groups is 2. The van der Waals surface area contributed by atoms with E-state index < -0.39 is 30.9 Å². The minimum absolute atomic E-state index is 0.406. The standard InChI is InChI=1S/C28H24O4Te/c1-21-13-17-25(18-14-21)33(26-19-15-22(2)16-20-26,31-27(29)23-9-5-3-6-10-23)32-28(30)24-11-7-4-8-12-24/h3-20H,1-2H3. The summed E-state index contributed by atoms with van der Waals surface area (Å²) in [6.07, 6.45) is 0. The average molecular weight is 552 g/mol. The summed E-state index contributed by atoms with van der Waals surface area (Å²) in [5, 5.41) is 0. The van der Waals surface area contributed by atoms with Gasteiger partial charge in [0.05, 0.1) is 0 Å². The monoisotopic (exact) mass is 554 g/mol. The molecule has 0 aromatic heterocycles. The Balaban J connectivity index is 1.88. The van der Waals surface area contributed by atoms with Gasteiger partial charge in [0, 0.05) is 0 Å². The molecule has 0 spiro atoms. The molecule has 4 aromatic rings. The Labute approximate surface area is 198 Å². The first kappa shape index (κ1) is 22.8. The van der Waals surface area contributed by atoms with Gasteiger partial charge in [-0.2, -0.15) is 0 Å². The first-order chi connectivity index (χ1) is 16.0. The summed E-state index contributed by atoms with van der Waals surface area (Å²) in [6, 6.07) is 32.9. The van der Waals surface area contributed by atoms with Crippen LogP contribution in [0.4, 0.5) is 0 Å². The molecule has 0 N–H and O–H groups in total. The van der Waals surface area contributed by atoms with E-state index >= 15 is 0 Å². The number of rotatable bonds is 6. The molecule has 5 heteroatoms. The molecule has 166 valence electrons. The molecule has 0 saturated heterocycles. The van der Waals surface area contributed by atoms with Crippen LogP contribution in [0.3, 0.4) is 0 Å². The van der Waals surface area contributed by atoms with E-state index in [1.54, 1.807) is 48.5 Å². The molecular weight excluding hydrogens is 528 g/mol. The summed E-state index contributed by atoms with van der Waals surface area (Å²) in [6.45, 7) is 3.97. The fourth-order valence-electron chi connectivity index (χ4n) is 3.24. The fourth-order valence-corrected chi connectivity index (χ4v) is 9.80. The number of benzene rings is 4. The van der Waals surface area contributed by atoms with Crippen LogP contribution in [0.1, 0.15) is 31.8 Å². The first-order valence-electron chi connectivity index (χ1n) is 10.5. The molecule has 0 heterocycles. The van der Waals surface area contributed by atoms with Crippen LogP contribution < -0.4 is 7.22 Å². The third kappa shape index (κ3) is 5.17. The summed E-state index contributed by atoms with van der Waals surface area (Å²) < 4.78 is 14.0. The van der Waals surface area contributed by atoms with Gasteiger partial charge in [-0.3, -0.25) is 0 Å². The van der Waals surface area contributed by atoms with Gasteiger partial charge in [0.15, 0.2) is 0 Å². The zero-order valence-electron chi connectivity index (χ0n) is 18.4. The van der Waals surface area contributed by atoms with Gasteiger partial charge in [0.2, 0.25) is 0 Å². The quantitative estimate of drug-likeness (QED) is 0.329. The van der Waals surface area contributed by atoms with Gasteiger partial charge in [-0.05, 0) is 0 Å². The van der Waals surface area contributed by atoms with Crippen molar-refractivity contribution < 1.29 is 15.8 Å². The molecule has 0 amide bonds. The Hall–Kier alpha value is -3.39. The SMILES string of the molecule is Cc1ccc([Te](OC(=O)c2ccccc2)(OC(=O)c2ccccc2)c2ccc(C)cc2)cc1. The summed E-state index contributed by atoms with van der Waals surface area (Å²) in [5.41, 5.74) is 2.93. The molecule has 0 aliphatic heterocycles. The van der Waals surface area contributed by atoms with Crippen molar-refractivity contribution in [2.75, 3.05) is 0 Å². The second-order valence-corrected chi connectivity index (χ2v) is 14.1. The van der Waals surface area contributed by atoms with E-state index in [1.807, 2.05) is 74.5 Å². The summed E-state index contributed by atoms with van der Waals surface area (Å²) in [7, 11) is 0. The molecule has 0 bridgehead atoms. The van der Waals surface area contributed by atoms with E-state index in [1.165, 1.54) is 0 Å². The van der Waals surface area contributed by atoms with Crippen LogP contribution in [0.5, 0.6) is 0 Å². The normalized spacial score (nSPS) is 11.5. The Morgan fingerprint density at radius 1 is 0.515 bits per heavy atom. The van der Waals surface area contributed by atoms with E-state index in [4.69, 9.17) is 6.20 Å². The average Bonchev–Trinajstić information content (AvgIpc) is 2.85. The van der Waals surface area contributed by atoms with Crippen molar-refractivity contribution in [2.24, 2.45) is 0 Å². The predicted molar refractivity (Wildman–Crippen MR) is 131 cm³/mol. The van der Waals surface area contributed by atoms with Crippen LogP contribution in [0.2, 0.25) is 0 Å². The van der Waals surface area contributed by atoms with Crippen LogP contribution in [-0.4, -0.2) is 30.9 Å². The number of carbonyl (C=O) groups excluding carboxylic acids is 2. The van der Waals surface area contributed by atoms with Crippen molar-refractivity contribution in [2.45, 2.75) is 13.8 Å². The Morgan fingerprint density at radius 3 is 1.18 bits per heavy atom. The van der Waals surface area contributed by atoms with Crippen molar-refractivity contribution in [1.29, 1.82) is 0 Å². The molecule has 4 aromatic carbocycles. The molecule has 4 nitrogen and oxygen atoms in total. The Bertz CT molecular complexity index is 1130. The van der Waals surface area contributed by atoms with Crippen LogP contribution in [0.15, 0.2) is 109 Å². The van der Waals surface area contributed by atoms with Gasteiger partial charge in [-0.1, -0.05) is 0 Å². The van der Waals surface area contributed by atoms with Crippen LogP contribution in [0, 0.1) is 13.8 Å². The molecular formula is C28H24O4Te. The second-order valence-electron chi connectivity index (χ2n) is 7.60. The number of aryl methyl sites for hydroxylation is 2. The molecule has 0 aliphatic rings. The minimum atomic E-state index is -4.52. The maximum absolute atomic E-state index is 13.3. The van der Waals surface area contributed by atoms with Gasteiger partial charge in [0.25, 0.3) is 0 Å². The topological polar surface area (TPSA) is 52.6 Å².